The minimum absolute atomic E-state index is 0.0415. The molecule has 0 aliphatic carbocycles. The highest BCUT2D eigenvalue weighted by Crippen LogP contribution is 2.18. The number of halogens is 1. The van der Waals surface area contributed by atoms with Crippen LogP contribution in [0.1, 0.15) is 12.8 Å². The summed E-state index contributed by atoms with van der Waals surface area (Å²) in [5.41, 5.74) is 0. The Morgan fingerprint density at radius 3 is 2.82 bits per heavy atom. The molecule has 0 aliphatic rings. The topological polar surface area (TPSA) is 96.4 Å². The monoisotopic (exact) mass is 278 g/mol. The number of hydrogen-bond donors (Lipinski definition) is 2. The summed E-state index contributed by atoms with van der Waals surface area (Å²) in [5.74, 6) is -0.969. The van der Waals surface area contributed by atoms with Crippen molar-refractivity contribution in [2.45, 2.75) is 17.7 Å². The molecule has 1 rings (SSSR count). The van der Waals surface area contributed by atoms with Gasteiger partial charge in [0.25, 0.3) is 0 Å². The first-order valence-corrected chi connectivity index (χ1v) is 6.60. The molecule has 0 aromatic carbocycles. The summed E-state index contributed by atoms with van der Waals surface area (Å²) in [5, 5.41) is 8.47. The standard InChI is InChI=1S/C9H11ClN2O4S/c10-7-3-5-11-6-8(7)17(15,16)12-4-1-2-9(13)14/h3,5-6,12H,1-2,4H2,(H,13,14). The van der Waals surface area contributed by atoms with Gasteiger partial charge in [0.1, 0.15) is 4.90 Å². The Morgan fingerprint density at radius 2 is 2.24 bits per heavy atom. The largest absolute Gasteiger partial charge is 0.481 e. The van der Waals surface area contributed by atoms with Crippen molar-refractivity contribution in [3.63, 3.8) is 0 Å². The van der Waals surface area contributed by atoms with Crippen LogP contribution in [-0.2, 0) is 14.8 Å². The summed E-state index contributed by atoms with van der Waals surface area (Å²) >= 11 is 5.72. The number of pyridine rings is 1. The van der Waals surface area contributed by atoms with Gasteiger partial charge in [-0.15, -0.1) is 0 Å². The highest BCUT2D eigenvalue weighted by molar-refractivity contribution is 7.89. The average Bonchev–Trinajstić information content (AvgIpc) is 2.24. The van der Waals surface area contributed by atoms with Crippen LogP contribution in [0.3, 0.4) is 0 Å². The summed E-state index contributed by atoms with van der Waals surface area (Å²) in [7, 11) is -3.73. The minimum Gasteiger partial charge on any atom is -0.481 e. The fourth-order valence-electron chi connectivity index (χ4n) is 1.08. The lowest BCUT2D eigenvalue weighted by molar-refractivity contribution is -0.137. The Hall–Kier alpha value is -1.18. The van der Waals surface area contributed by atoms with E-state index in [0.717, 1.165) is 6.20 Å². The van der Waals surface area contributed by atoms with Gasteiger partial charge in [-0.05, 0) is 12.5 Å². The SMILES string of the molecule is O=C(O)CCCNS(=O)(=O)c1cnccc1Cl. The van der Waals surface area contributed by atoms with Crippen LogP contribution in [0.25, 0.3) is 0 Å². The number of aromatic nitrogens is 1. The van der Waals surface area contributed by atoms with Crippen LogP contribution in [0.2, 0.25) is 5.02 Å². The number of hydrogen-bond acceptors (Lipinski definition) is 4. The number of rotatable bonds is 6. The molecule has 6 nitrogen and oxygen atoms in total. The van der Waals surface area contributed by atoms with Crippen molar-refractivity contribution in [3.05, 3.63) is 23.5 Å². The zero-order valence-electron chi connectivity index (χ0n) is 8.76. The molecule has 8 heteroatoms. The van der Waals surface area contributed by atoms with Gasteiger partial charge < -0.3 is 5.11 Å². The van der Waals surface area contributed by atoms with Crippen LogP contribution in [0, 0.1) is 0 Å². The predicted octanol–water partition coefficient (Wildman–Crippen LogP) is 0.878. The smallest absolute Gasteiger partial charge is 0.303 e. The van der Waals surface area contributed by atoms with Crippen molar-refractivity contribution in [2.75, 3.05) is 6.54 Å². The lowest BCUT2D eigenvalue weighted by Crippen LogP contribution is -2.25. The van der Waals surface area contributed by atoms with E-state index in [2.05, 4.69) is 9.71 Å². The molecule has 0 bridgehead atoms. The Bertz CT molecular complexity index is 503. The Morgan fingerprint density at radius 1 is 1.53 bits per heavy atom. The summed E-state index contributed by atoms with van der Waals surface area (Å²) < 4.78 is 25.7. The average molecular weight is 279 g/mol. The summed E-state index contributed by atoms with van der Waals surface area (Å²) in [6.07, 6.45) is 2.64. The molecule has 1 aromatic rings. The maximum absolute atomic E-state index is 11.7. The second-order valence-electron chi connectivity index (χ2n) is 3.20. The fraction of sp³-hybridized carbons (Fsp3) is 0.333. The van der Waals surface area contributed by atoms with E-state index in [1.54, 1.807) is 0 Å². The number of nitrogens with one attached hydrogen (secondary N) is 1. The zero-order valence-corrected chi connectivity index (χ0v) is 10.3. The maximum Gasteiger partial charge on any atom is 0.303 e. The highest BCUT2D eigenvalue weighted by atomic mass is 35.5. The van der Waals surface area contributed by atoms with Gasteiger partial charge in [-0.1, -0.05) is 11.6 Å². The summed E-state index contributed by atoms with van der Waals surface area (Å²) in [6, 6.07) is 1.37. The summed E-state index contributed by atoms with van der Waals surface area (Å²) in [4.78, 5) is 13.8. The van der Waals surface area contributed by atoms with Crippen LogP contribution in [0.4, 0.5) is 0 Å². The maximum atomic E-state index is 11.7. The van der Waals surface area contributed by atoms with Crippen molar-refractivity contribution in [2.24, 2.45) is 0 Å². The second-order valence-corrected chi connectivity index (χ2v) is 5.34. The Kier molecular flexibility index (Phi) is 4.86. The van der Waals surface area contributed by atoms with Gasteiger partial charge in [-0.3, -0.25) is 9.78 Å². The molecule has 0 aliphatic heterocycles. The third-order valence-corrected chi connectivity index (χ3v) is 3.81. The first-order chi connectivity index (χ1) is 7.93. The lowest BCUT2D eigenvalue weighted by Gasteiger charge is -2.06. The van der Waals surface area contributed by atoms with Gasteiger partial charge in [0, 0.05) is 25.4 Å². The molecule has 0 unspecified atom stereocenters. The lowest BCUT2D eigenvalue weighted by atomic mass is 10.3. The number of nitrogens with zero attached hydrogens (tertiary/aromatic N) is 1. The molecule has 0 saturated heterocycles. The van der Waals surface area contributed by atoms with Gasteiger partial charge in [-0.2, -0.15) is 0 Å². The van der Waals surface area contributed by atoms with Gasteiger partial charge in [0.05, 0.1) is 5.02 Å². The summed E-state index contributed by atoms with van der Waals surface area (Å²) in [6.45, 7) is 0.0415. The zero-order chi connectivity index (χ0) is 12.9. The van der Waals surface area contributed by atoms with E-state index >= 15 is 0 Å². The molecule has 1 aromatic heterocycles. The van der Waals surface area contributed by atoms with Crippen LogP contribution in [-0.4, -0.2) is 31.0 Å². The molecule has 0 fully saturated rings. The fourth-order valence-corrected chi connectivity index (χ4v) is 2.59. The molecule has 1 heterocycles. The van der Waals surface area contributed by atoms with Gasteiger partial charge in [-0.25, -0.2) is 13.1 Å². The number of sulfonamides is 1. The van der Waals surface area contributed by atoms with E-state index in [1.165, 1.54) is 12.3 Å². The van der Waals surface area contributed by atoms with Gasteiger partial charge in [0.15, 0.2) is 0 Å². The van der Waals surface area contributed by atoms with E-state index in [9.17, 15) is 13.2 Å². The van der Waals surface area contributed by atoms with Crippen molar-refractivity contribution in [1.29, 1.82) is 0 Å². The number of carboxylic acid groups (broad SMARTS) is 1. The van der Waals surface area contributed by atoms with Crippen molar-refractivity contribution >= 4 is 27.6 Å². The van der Waals surface area contributed by atoms with Gasteiger partial charge in [0.2, 0.25) is 10.0 Å². The highest BCUT2D eigenvalue weighted by Gasteiger charge is 2.17. The normalized spacial score (nSPS) is 11.4. The molecule has 2 N–H and O–H groups in total. The minimum atomic E-state index is -3.73. The molecule has 0 radical (unpaired) electrons. The van der Waals surface area contributed by atoms with Crippen molar-refractivity contribution in [1.82, 2.24) is 9.71 Å². The predicted molar refractivity (Wildman–Crippen MR) is 61.3 cm³/mol. The van der Waals surface area contributed by atoms with E-state index in [4.69, 9.17) is 16.7 Å². The van der Waals surface area contributed by atoms with Crippen molar-refractivity contribution in [3.8, 4) is 0 Å². The third kappa shape index (κ3) is 4.29. The van der Waals surface area contributed by atoms with Crippen LogP contribution >= 0.6 is 11.6 Å². The molecule has 17 heavy (non-hydrogen) atoms. The molecule has 94 valence electrons. The number of carboxylic acids is 1. The molecule has 0 spiro atoms. The Balaban J connectivity index is 2.64. The quantitative estimate of drug-likeness (QED) is 0.753. The first-order valence-electron chi connectivity index (χ1n) is 4.74. The molecular weight excluding hydrogens is 268 g/mol. The number of carbonyl (C=O) groups is 1. The number of aliphatic carboxylic acids is 1. The van der Waals surface area contributed by atoms with E-state index in [0.29, 0.717) is 0 Å². The van der Waals surface area contributed by atoms with E-state index < -0.39 is 16.0 Å². The molecule has 0 saturated carbocycles. The van der Waals surface area contributed by atoms with Crippen molar-refractivity contribution < 1.29 is 18.3 Å². The van der Waals surface area contributed by atoms with E-state index in [1.807, 2.05) is 0 Å². The first kappa shape index (κ1) is 13.9. The van der Waals surface area contributed by atoms with Gasteiger partial charge >= 0.3 is 5.97 Å². The second kappa shape index (κ2) is 5.95. The third-order valence-electron chi connectivity index (χ3n) is 1.88. The molecule has 0 amide bonds. The Labute approximate surface area is 104 Å². The molecular formula is C9H11ClN2O4S. The van der Waals surface area contributed by atoms with E-state index in [-0.39, 0.29) is 29.3 Å². The van der Waals surface area contributed by atoms with Crippen LogP contribution in [0.15, 0.2) is 23.4 Å². The van der Waals surface area contributed by atoms with Crippen LogP contribution < -0.4 is 4.72 Å². The van der Waals surface area contributed by atoms with Crippen LogP contribution in [0.5, 0.6) is 0 Å². The molecule has 0 atom stereocenters.